The highest BCUT2D eigenvalue weighted by molar-refractivity contribution is 5.81. The van der Waals surface area contributed by atoms with Gasteiger partial charge in [0, 0.05) is 6.54 Å². The first kappa shape index (κ1) is 12.4. The Hall–Kier alpha value is -1.72. The minimum atomic E-state index is -4.85. The molecule has 1 aromatic rings. The van der Waals surface area contributed by atoms with Crippen LogP contribution in [-0.2, 0) is 11.2 Å². The number of rotatable bonds is 3. The van der Waals surface area contributed by atoms with Crippen molar-refractivity contribution in [2.75, 3.05) is 6.54 Å². The van der Waals surface area contributed by atoms with Gasteiger partial charge in [-0.25, -0.2) is 0 Å². The molecule has 0 spiro atoms. The first-order valence-electron chi connectivity index (χ1n) is 4.52. The molecule has 88 valence electrons. The van der Waals surface area contributed by atoms with Crippen molar-refractivity contribution in [1.82, 2.24) is 5.32 Å². The van der Waals surface area contributed by atoms with Crippen LogP contribution in [0.1, 0.15) is 5.56 Å². The van der Waals surface area contributed by atoms with E-state index in [-0.39, 0.29) is 18.7 Å². The first-order valence-corrected chi connectivity index (χ1v) is 4.52. The molecule has 1 aromatic carbocycles. The molecule has 0 aromatic heterocycles. The SMILES string of the molecule is O=C(NCCc1cccc(O)c1)C(F)(F)F. The van der Waals surface area contributed by atoms with E-state index < -0.39 is 12.1 Å². The third kappa shape index (κ3) is 3.80. The van der Waals surface area contributed by atoms with E-state index in [9.17, 15) is 18.0 Å². The smallest absolute Gasteiger partial charge is 0.471 e. The van der Waals surface area contributed by atoms with Gasteiger partial charge in [0.15, 0.2) is 0 Å². The van der Waals surface area contributed by atoms with Crippen LogP contribution in [0.5, 0.6) is 5.75 Å². The van der Waals surface area contributed by atoms with E-state index in [0.717, 1.165) is 0 Å². The molecule has 3 nitrogen and oxygen atoms in total. The van der Waals surface area contributed by atoms with Gasteiger partial charge in [-0.3, -0.25) is 4.79 Å². The van der Waals surface area contributed by atoms with Gasteiger partial charge in [-0.2, -0.15) is 13.2 Å². The Morgan fingerprint density at radius 3 is 2.62 bits per heavy atom. The first-order chi connectivity index (χ1) is 7.39. The van der Waals surface area contributed by atoms with Crippen molar-refractivity contribution in [2.24, 2.45) is 0 Å². The third-order valence-electron chi connectivity index (χ3n) is 1.87. The van der Waals surface area contributed by atoms with Crippen LogP contribution < -0.4 is 5.32 Å². The molecule has 0 aliphatic heterocycles. The van der Waals surface area contributed by atoms with Crippen LogP contribution in [-0.4, -0.2) is 23.7 Å². The fraction of sp³-hybridized carbons (Fsp3) is 0.300. The predicted octanol–water partition coefficient (Wildman–Crippen LogP) is 1.61. The molecule has 16 heavy (non-hydrogen) atoms. The molecule has 0 bridgehead atoms. The summed E-state index contributed by atoms with van der Waals surface area (Å²) in [5.41, 5.74) is 0.655. The molecule has 0 saturated carbocycles. The summed E-state index contributed by atoms with van der Waals surface area (Å²) in [5.74, 6) is -1.91. The average molecular weight is 233 g/mol. The Kier molecular flexibility index (Phi) is 3.76. The Balaban J connectivity index is 2.39. The summed E-state index contributed by atoms with van der Waals surface area (Å²) in [4.78, 5) is 10.4. The molecular formula is C10H10F3NO2. The number of carbonyl (C=O) groups excluding carboxylic acids is 1. The quantitative estimate of drug-likeness (QED) is 0.833. The number of phenolic OH excluding ortho intramolecular Hbond substituents is 1. The zero-order chi connectivity index (χ0) is 12.2. The Morgan fingerprint density at radius 2 is 2.06 bits per heavy atom. The van der Waals surface area contributed by atoms with Gasteiger partial charge in [-0.1, -0.05) is 12.1 Å². The van der Waals surface area contributed by atoms with Crippen molar-refractivity contribution in [2.45, 2.75) is 12.6 Å². The molecule has 0 saturated heterocycles. The Morgan fingerprint density at radius 1 is 1.38 bits per heavy atom. The van der Waals surface area contributed by atoms with Crippen LogP contribution in [0.4, 0.5) is 13.2 Å². The molecule has 0 fully saturated rings. The molecular weight excluding hydrogens is 223 g/mol. The molecule has 0 atom stereocenters. The van der Waals surface area contributed by atoms with Crippen molar-refractivity contribution >= 4 is 5.91 Å². The molecule has 0 heterocycles. The highest BCUT2D eigenvalue weighted by atomic mass is 19.4. The second kappa shape index (κ2) is 4.87. The van der Waals surface area contributed by atoms with Gasteiger partial charge >= 0.3 is 12.1 Å². The number of aromatic hydroxyl groups is 1. The molecule has 0 radical (unpaired) electrons. The van der Waals surface area contributed by atoms with E-state index in [1.165, 1.54) is 12.1 Å². The molecule has 0 unspecified atom stereocenters. The third-order valence-corrected chi connectivity index (χ3v) is 1.87. The lowest BCUT2D eigenvalue weighted by Crippen LogP contribution is -2.37. The number of benzene rings is 1. The summed E-state index contributed by atoms with van der Waals surface area (Å²) in [5, 5.41) is 10.8. The number of phenols is 1. The van der Waals surface area contributed by atoms with E-state index in [4.69, 9.17) is 5.11 Å². The number of halogens is 3. The summed E-state index contributed by atoms with van der Waals surface area (Å²) >= 11 is 0. The van der Waals surface area contributed by atoms with Crippen LogP contribution in [0, 0.1) is 0 Å². The Bertz CT molecular complexity index is 377. The minimum Gasteiger partial charge on any atom is -0.508 e. The number of hydrogen-bond donors (Lipinski definition) is 2. The lowest BCUT2D eigenvalue weighted by Gasteiger charge is -2.07. The standard InChI is InChI=1S/C10H10F3NO2/c11-10(12,13)9(16)14-5-4-7-2-1-3-8(15)6-7/h1-3,6,15H,4-5H2,(H,14,16). The number of amides is 1. The summed E-state index contributed by atoms with van der Waals surface area (Å²) in [7, 11) is 0. The summed E-state index contributed by atoms with van der Waals surface area (Å²) < 4.78 is 35.4. The van der Waals surface area contributed by atoms with Crippen molar-refractivity contribution in [3.8, 4) is 5.75 Å². The largest absolute Gasteiger partial charge is 0.508 e. The van der Waals surface area contributed by atoms with Gasteiger partial charge < -0.3 is 10.4 Å². The van der Waals surface area contributed by atoms with E-state index >= 15 is 0 Å². The van der Waals surface area contributed by atoms with E-state index in [0.29, 0.717) is 5.56 Å². The van der Waals surface area contributed by atoms with Crippen LogP contribution in [0.2, 0.25) is 0 Å². The van der Waals surface area contributed by atoms with E-state index in [2.05, 4.69) is 0 Å². The van der Waals surface area contributed by atoms with Crippen LogP contribution in [0.3, 0.4) is 0 Å². The van der Waals surface area contributed by atoms with Gasteiger partial charge in [-0.05, 0) is 24.1 Å². The summed E-state index contributed by atoms with van der Waals surface area (Å²) in [6.45, 7) is -0.123. The van der Waals surface area contributed by atoms with Crippen LogP contribution in [0.25, 0.3) is 0 Å². The maximum atomic E-state index is 11.8. The predicted molar refractivity (Wildman–Crippen MR) is 50.9 cm³/mol. The lowest BCUT2D eigenvalue weighted by atomic mass is 10.1. The van der Waals surface area contributed by atoms with Crippen molar-refractivity contribution in [3.05, 3.63) is 29.8 Å². The number of hydrogen-bond acceptors (Lipinski definition) is 2. The maximum Gasteiger partial charge on any atom is 0.471 e. The van der Waals surface area contributed by atoms with Crippen molar-refractivity contribution in [1.29, 1.82) is 0 Å². The van der Waals surface area contributed by atoms with Gasteiger partial charge in [-0.15, -0.1) is 0 Å². The van der Waals surface area contributed by atoms with E-state index in [1.54, 1.807) is 17.4 Å². The summed E-state index contributed by atoms with van der Waals surface area (Å²) in [6.07, 6.45) is -4.62. The maximum absolute atomic E-state index is 11.8. The molecule has 2 N–H and O–H groups in total. The zero-order valence-electron chi connectivity index (χ0n) is 8.21. The minimum absolute atomic E-state index is 0.0413. The zero-order valence-corrected chi connectivity index (χ0v) is 8.21. The number of alkyl halides is 3. The van der Waals surface area contributed by atoms with Gasteiger partial charge in [0.05, 0.1) is 0 Å². The average Bonchev–Trinajstić information content (AvgIpc) is 2.16. The molecule has 1 rings (SSSR count). The van der Waals surface area contributed by atoms with Crippen molar-refractivity contribution in [3.63, 3.8) is 0 Å². The molecule has 0 aliphatic rings. The van der Waals surface area contributed by atoms with E-state index in [1.807, 2.05) is 0 Å². The fourth-order valence-corrected chi connectivity index (χ4v) is 1.13. The monoisotopic (exact) mass is 233 g/mol. The molecule has 6 heteroatoms. The van der Waals surface area contributed by atoms with Crippen LogP contribution in [0.15, 0.2) is 24.3 Å². The second-order valence-electron chi connectivity index (χ2n) is 3.17. The molecule has 1 amide bonds. The second-order valence-corrected chi connectivity index (χ2v) is 3.17. The summed E-state index contributed by atoms with van der Waals surface area (Å²) in [6, 6.07) is 6.12. The molecule has 0 aliphatic carbocycles. The lowest BCUT2D eigenvalue weighted by molar-refractivity contribution is -0.173. The van der Waals surface area contributed by atoms with Crippen LogP contribution >= 0.6 is 0 Å². The topological polar surface area (TPSA) is 49.3 Å². The number of carbonyl (C=O) groups is 1. The van der Waals surface area contributed by atoms with Crippen molar-refractivity contribution < 1.29 is 23.1 Å². The van der Waals surface area contributed by atoms with Gasteiger partial charge in [0.1, 0.15) is 5.75 Å². The normalized spacial score (nSPS) is 11.2. The highest BCUT2D eigenvalue weighted by Gasteiger charge is 2.38. The highest BCUT2D eigenvalue weighted by Crippen LogP contribution is 2.14. The fourth-order valence-electron chi connectivity index (χ4n) is 1.13. The van der Waals surface area contributed by atoms with Gasteiger partial charge in [0.2, 0.25) is 0 Å². The Labute approximate surface area is 89.9 Å². The van der Waals surface area contributed by atoms with Gasteiger partial charge in [0.25, 0.3) is 0 Å². The number of nitrogens with one attached hydrogen (secondary N) is 1.